The van der Waals surface area contributed by atoms with Crippen molar-refractivity contribution in [3.8, 4) is 5.75 Å². The number of rotatable bonds is 3. The molecule has 4 aromatic rings. The fourth-order valence-corrected chi connectivity index (χ4v) is 8.65. The summed E-state index contributed by atoms with van der Waals surface area (Å²) in [6.45, 7) is 0. The van der Waals surface area contributed by atoms with Gasteiger partial charge < -0.3 is 4.74 Å². The molecule has 4 aromatic carbocycles. The highest BCUT2D eigenvalue weighted by atomic mass is 79.9. The summed E-state index contributed by atoms with van der Waals surface area (Å²) in [5.74, 6) is -2.13. The highest BCUT2D eigenvalue weighted by Crippen LogP contribution is 2.70. The Morgan fingerprint density at radius 2 is 1.13 bits per heavy atom. The normalized spacial score (nSPS) is 26.5. The maximum absolute atomic E-state index is 14.2. The molecule has 0 saturated carbocycles. The molecule has 4 aliphatic rings. The second kappa shape index (κ2) is 8.22. The van der Waals surface area contributed by atoms with Crippen LogP contribution in [0.3, 0.4) is 0 Å². The van der Waals surface area contributed by atoms with Crippen LogP contribution in [0.1, 0.15) is 32.6 Å². The summed E-state index contributed by atoms with van der Waals surface area (Å²) in [5.41, 5.74) is 4.48. The highest BCUT2D eigenvalue weighted by molar-refractivity contribution is 9.10. The molecule has 0 radical (unpaired) electrons. The lowest BCUT2D eigenvalue weighted by Crippen LogP contribution is -2.56. The van der Waals surface area contributed by atoms with Gasteiger partial charge >= 0.3 is 5.97 Å². The monoisotopic (exact) mass is 627 g/mol. The second-order valence-corrected chi connectivity index (χ2v) is 12.2. The third kappa shape index (κ3) is 2.94. The van der Waals surface area contributed by atoms with E-state index in [0.717, 1.165) is 22.3 Å². The lowest BCUT2D eigenvalue weighted by atomic mass is 9.54. The Bertz CT molecular complexity index is 1550. The van der Waals surface area contributed by atoms with E-state index in [0.29, 0.717) is 11.4 Å². The SMILES string of the molecule is O=C(Oc1ccccc1)c1cccc(N2C(=O)[C@@H]3[C@@H](C2=O)C2(Br)c4ccccc4C3(Br)c3ccccc32)c1. The Labute approximate surface area is 235 Å². The van der Waals surface area contributed by atoms with Gasteiger partial charge in [0.15, 0.2) is 0 Å². The van der Waals surface area contributed by atoms with E-state index in [2.05, 4.69) is 31.9 Å². The summed E-state index contributed by atoms with van der Waals surface area (Å²) >= 11 is 8.02. The van der Waals surface area contributed by atoms with Crippen LogP contribution in [-0.4, -0.2) is 17.8 Å². The molecular formula is C31H19Br2NO4. The number of alkyl halides is 2. The molecule has 38 heavy (non-hydrogen) atoms. The lowest BCUT2D eigenvalue weighted by molar-refractivity contribution is -0.122. The first-order chi connectivity index (χ1) is 18.4. The van der Waals surface area contributed by atoms with E-state index in [1.807, 2.05) is 54.6 Å². The topological polar surface area (TPSA) is 63.7 Å². The zero-order valence-corrected chi connectivity index (χ0v) is 23.0. The minimum Gasteiger partial charge on any atom is -0.423 e. The number of ether oxygens (including phenoxy) is 1. The minimum absolute atomic E-state index is 0.249. The van der Waals surface area contributed by atoms with Crippen LogP contribution in [0.4, 0.5) is 5.69 Å². The molecule has 2 bridgehead atoms. The van der Waals surface area contributed by atoms with Crippen molar-refractivity contribution in [3.63, 3.8) is 0 Å². The molecule has 1 saturated heterocycles. The summed E-state index contributed by atoms with van der Waals surface area (Å²) < 4.78 is 3.75. The van der Waals surface area contributed by atoms with Crippen molar-refractivity contribution >= 4 is 55.3 Å². The first kappa shape index (κ1) is 23.6. The second-order valence-electron chi connectivity index (χ2n) is 9.73. The Hall–Kier alpha value is -3.55. The number of hydrogen-bond donors (Lipinski definition) is 0. The number of carbonyl (C=O) groups is 3. The third-order valence-corrected chi connectivity index (χ3v) is 10.6. The molecule has 186 valence electrons. The van der Waals surface area contributed by atoms with E-state index in [1.165, 1.54) is 4.90 Å². The number of amides is 2. The smallest absolute Gasteiger partial charge is 0.343 e. The van der Waals surface area contributed by atoms with Crippen LogP contribution in [-0.2, 0) is 18.2 Å². The average molecular weight is 629 g/mol. The van der Waals surface area contributed by atoms with E-state index in [1.54, 1.807) is 48.5 Å². The van der Waals surface area contributed by atoms with Gasteiger partial charge in [0.25, 0.3) is 0 Å². The molecule has 0 spiro atoms. The molecule has 1 fully saturated rings. The fraction of sp³-hybridized carbons (Fsp3) is 0.129. The van der Waals surface area contributed by atoms with Gasteiger partial charge in [-0.1, -0.05) is 105 Å². The van der Waals surface area contributed by atoms with Crippen molar-refractivity contribution < 1.29 is 19.1 Å². The highest BCUT2D eigenvalue weighted by Gasteiger charge is 2.72. The number of benzene rings is 4. The van der Waals surface area contributed by atoms with E-state index in [-0.39, 0.29) is 17.4 Å². The van der Waals surface area contributed by atoms with E-state index < -0.39 is 26.5 Å². The number of halogens is 2. The van der Waals surface area contributed by atoms with Gasteiger partial charge in [-0.15, -0.1) is 0 Å². The molecule has 8 rings (SSSR count). The minimum atomic E-state index is -0.869. The molecule has 0 N–H and O–H groups in total. The van der Waals surface area contributed by atoms with Gasteiger partial charge in [-0.2, -0.15) is 0 Å². The molecule has 1 heterocycles. The van der Waals surface area contributed by atoms with Gasteiger partial charge in [0.2, 0.25) is 11.8 Å². The maximum Gasteiger partial charge on any atom is 0.343 e. The number of carbonyl (C=O) groups excluding carboxylic acids is 3. The summed E-state index contributed by atoms with van der Waals surface area (Å²) in [4.78, 5) is 42.6. The number of imide groups is 1. The Morgan fingerprint density at radius 1 is 0.658 bits per heavy atom. The standard InChI is InChI=1S/C31H19Br2NO4/c32-30-21-13-4-5-14-22(21)31(33,24-16-7-6-15-23(24)30)26-25(30)27(35)34(28(26)36)19-10-8-9-18(17-19)29(37)38-20-11-2-1-3-12-20/h1-17,25-26H/t25-,26-,30?,31?/m0/s1. The van der Waals surface area contributed by atoms with Gasteiger partial charge in [-0.25, -0.2) is 9.69 Å². The number of anilines is 1. The summed E-state index contributed by atoms with van der Waals surface area (Å²) in [6, 6.07) is 31.2. The van der Waals surface area contributed by atoms with Crippen LogP contribution in [0.5, 0.6) is 5.75 Å². The van der Waals surface area contributed by atoms with E-state index in [9.17, 15) is 14.4 Å². The van der Waals surface area contributed by atoms with Crippen LogP contribution >= 0.6 is 31.9 Å². The summed E-state index contributed by atoms with van der Waals surface area (Å²) in [5, 5.41) is 0. The van der Waals surface area contributed by atoms with Gasteiger partial charge in [-0.3, -0.25) is 9.59 Å². The first-order valence-corrected chi connectivity index (χ1v) is 13.8. The quantitative estimate of drug-likeness (QED) is 0.115. The molecule has 5 nitrogen and oxygen atoms in total. The molecule has 2 amide bonds. The molecule has 1 aliphatic heterocycles. The van der Waals surface area contributed by atoms with Crippen molar-refractivity contribution in [3.05, 3.63) is 131 Å². The van der Waals surface area contributed by atoms with Crippen LogP contribution in [0, 0.1) is 11.8 Å². The van der Waals surface area contributed by atoms with Crippen LogP contribution in [0.15, 0.2) is 103 Å². The Balaban J connectivity index is 1.34. The van der Waals surface area contributed by atoms with Crippen molar-refractivity contribution in [2.75, 3.05) is 4.90 Å². The maximum atomic E-state index is 14.2. The van der Waals surface area contributed by atoms with Crippen LogP contribution in [0.25, 0.3) is 0 Å². The van der Waals surface area contributed by atoms with Crippen LogP contribution < -0.4 is 9.64 Å². The van der Waals surface area contributed by atoms with Crippen molar-refractivity contribution in [2.45, 2.75) is 8.65 Å². The summed E-state index contributed by atoms with van der Waals surface area (Å²) in [6.07, 6.45) is 0. The number of nitrogens with zero attached hydrogens (tertiary/aromatic N) is 1. The van der Waals surface area contributed by atoms with Gasteiger partial charge in [0, 0.05) is 0 Å². The lowest BCUT2D eigenvalue weighted by Gasteiger charge is -2.55. The zero-order valence-electron chi connectivity index (χ0n) is 19.8. The van der Waals surface area contributed by atoms with Crippen molar-refractivity contribution in [1.82, 2.24) is 0 Å². The summed E-state index contributed by atoms with van der Waals surface area (Å²) in [7, 11) is 0. The number of para-hydroxylation sites is 1. The van der Waals surface area contributed by atoms with Crippen molar-refractivity contribution in [1.29, 1.82) is 0 Å². The molecular weight excluding hydrogens is 610 g/mol. The largest absolute Gasteiger partial charge is 0.423 e. The molecule has 0 unspecified atom stereocenters. The van der Waals surface area contributed by atoms with Gasteiger partial charge in [-0.05, 0) is 52.6 Å². The Morgan fingerprint density at radius 3 is 1.63 bits per heavy atom. The van der Waals surface area contributed by atoms with E-state index in [4.69, 9.17) is 4.74 Å². The number of esters is 1. The first-order valence-electron chi connectivity index (χ1n) is 12.2. The van der Waals surface area contributed by atoms with Crippen molar-refractivity contribution in [2.24, 2.45) is 11.8 Å². The van der Waals surface area contributed by atoms with E-state index >= 15 is 0 Å². The molecule has 0 aromatic heterocycles. The van der Waals surface area contributed by atoms with Gasteiger partial charge in [0.1, 0.15) is 5.75 Å². The zero-order chi connectivity index (χ0) is 26.2. The van der Waals surface area contributed by atoms with Crippen LogP contribution in [0.2, 0.25) is 0 Å². The average Bonchev–Trinajstić information content (AvgIpc) is 3.23. The Kier molecular flexibility index (Phi) is 5.10. The predicted molar refractivity (Wildman–Crippen MR) is 150 cm³/mol. The molecule has 7 heteroatoms. The third-order valence-electron chi connectivity index (χ3n) is 7.88. The molecule has 2 atom stereocenters. The number of hydrogen-bond acceptors (Lipinski definition) is 4. The fourth-order valence-electron chi connectivity index (χ4n) is 6.35. The van der Waals surface area contributed by atoms with Gasteiger partial charge in [0.05, 0.1) is 31.7 Å². The molecule has 3 aliphatic carbocycles. The predicted octanol–water partition coefficient (Wildman–Crippen LogP) is 6.32.